The van der Waals surface area contributed by atoms with Crippen molar-refractivity contribution >= 4 is 45.6 Å². The summed E-state index contributed by atoms with van der Waals surface area (Å²) in [4.78, 5) is 7.21. The molecule has 2 N–H and O–H groups in total. The van der Waals surface area contributed by atoms with Gasteiger partial charge in [-0.25, -0.2) is 4.98 Å². The second kappa shape index (κ2) is 7.55. The minimum absolute atomic E-state index is 0.0495. The van der Waals surface area contributed by atoms with Gasteiger partial charge in [-0.15, -0.1) is 10.2 Å². The first kappa shape index (κ1) is 20.1. The van der Waals surface area contributed by atoms with Gasteiger partial charge in [0, 0.05) is 6.20 Å². The van der Waals surface area contributed by atoms with Gasteiger partial charge in [0.2, 0.25) is 0 Å². The predicted octanol–water partition coefficient (Wildman–Crippen LogP) is 4.86. The van der Waals surface area contributed by atoms with Gasteiger partial charge in [-0.3, -0.25) is 4.40 Å². The fourth-order valence-corrected chi connectivity index (χ4v) is 3.75. The molecule has 152 valence electrons. The highest BCUT2D eigenvalue weighted by molar-refractivity contribution is 7.99. The molecule has 3 heterocycles. The van der Waals surface area contributed by atoms with Crippen molar-refractivity contribution in [3.8, 4) is 6.07 Å². The lowest BCUT2D eigenvalue weighted by Crippen LogP contribution is -2.07. The molecule has 0 bridgehead atoms. The molecule has 30 heavy (non-hydrogen) atoms. The largest absolute Gasteiger partial charge is 0.510 e. The van der Waals surface area contributed by atoms with E-state index in [2.05, 4.69) is 20.2 Å². The summed E-state index contributed by atoms with van der Waals surface area (Å²) in [7, 11) is 0. The zero-order valence-electron chi connectivity index (χ0n) is 14.8. The van der Waals surface area contributed by atoms with Crippen LogP contribution in [0.5, 0.6) is 0 Å². The summed E-state index contributed by atoms with van der Waals surface area (Å²) >= 11 is 6.79. The van der Waals surface area contributed by atoms with Gasteiger partial charge < -0.3 is 10.1 Å². The zero-order chi connectivity index (χ0) is 21.5. The number of aliphatic hydroxyl groups is 1. The first-order chi connectivity index (χ1) is 14.3. The number of fused-ring (bicyclic) bond motifs is 2. The Bertz CT molecular complexity index is 1300. The standard InChI is InChI=1S/C18H10ClF3N6OS/c19-11-5-9(18(20,21)22)7-28-16(11)26-27-17(28)30-8-14(29)10(6-23)15-24-12-3-1-2-4-13(12)25-15/h1-5,7,29H,8H2,(H,24,25)/b14-10-. The lowest BCUT2D eigenvalue weighted by atomic mass is 10.2. The molecule has 12 heteroatoms. The Kier molecular flexibility index (Phi) is 5.05. The lowest BCUT2D eigenvalue weighted by Gasteiger charge is -2.08. The fraction of sp³-hybridized carbons (Fsp3) is 0.111. The van der Waals surface area contributed by atoms with Crippen molar-refractivity contribution in [3.63, 3.8) is 0 Å². The summed E-state index contributed by atoms with van der Waals surface area (Å²) in [5, 5.41) is 27.3. The molecule has 7 nitrogen and oxygen atoms in total. The van der Waals surface area contributed by atoms with Gasteiger partial charge in [-0.1, -0.05) is 35.5 Å². The zero-order valence-corrected chi connectivity index (χ0v) is 16.3. The van der Waals surface area contributed by atoms with Gasteiger partial charge in [0.05, 0.1) is 27.4 Å². The van der Waals surface area contributed by atoms with Crippen LogP contribution in [0, 0.1) is 11.3 Å². The highest BCUT2D eigenvalue weighted by Gasteiger charge is 2.32. The first-order valence-electron chi connectivity index (χ1n) is 8.29. The van der Waals surface area contributed by atoms with Crippen LogP contribution < -0.4 is 0 Å². The van der Waals surface area contributed by atoms with Crippen LogP contribution in [0.2, 0.25) is 5.02 Å². The highest BCUT2D eigenvalue weighted by Crippen LogP contribution is 2.33. The van der Waals surface area contributed by atoms with E-state index in [1.807, 2.05) is 6.07 Å². The molecule has 0 radical (unpaired) electrons. The number of hydrogen-bond donors (Lipinski definition) is 2. The number of hydrogen-bond acceptors (Lipinski definition) is 6. The molecule has 4 rings (SSSR count). The number of benzene rings is 1. The smallest absolute Gasteiger partial charge is 0.417 e. The molecule has 0 aliphatic rings. The van der Waals surface area contributed by atoms with E-state index in [0.717, 1.165) is 28.4 Å². The second-order valence-corrected chi connectivity index (χ2v) is 7.43. The van der Waals surface area contributed by atoms with E-state index in [-0.39, 0.29) is 38.7 Å². The van der Waals surface area contributed by atoms with E-state index in [1.165, 1.54) is 0 Å². The third-order valence-electron chi connectivity index (χ3n) is 4.12. The number of H-pyrrole nitrogens is 1. The van der Waals surface area contributed by atoms with Crippen molar-refractivity contribution < 1.29 is 18.3 Å². The molecular weight excluding hydrogens is 441 g/mol. The van der Waals surface area contributed by atoms with E-state index < -0.39 is 11.7 Å². The maximum absolute atomic E-state index is 13.1. The molecular formula is C18H10ClF3N6OS. The topological polar surface area (TPSA) is 103 Å². The fourth-order valence-electron chi connectivity index (χ4n) is 2.72. The van der Waals surface area contributed by atoms with Crippen LogP contribution >= 0.6 is 23.4 Å². The molecule has 0 aliphatic carbocycles. The van der Waals surface area contributed by atoms with Crippen molar-refractivity contribution in [2.45, 2.75) is 11.3 Å². The molecule has 0 spiro atoms. The molecule has 4 aromatic rings. The number of nitriles is 1. The summed E-state index contributed by atoms with van der Waals surface area (Å²) in [6, 6.07) is 9.78. The molecule has 3 aromatic heterocycles. The summed E-state index contributed by atoms with van der Waals surface area (Å²) in [5.41, 5.74) is 0.327. The number of imidazole rings is 1. The van der Waals surface area contributed by atoms with E-state index >= 15 is 0 Å². The number of nitrogens with zero attached hydrogens (tertiary/aromatic N) is 5. The van der Waals surface area contributed by atoms with Gasteiger partial charge in [-0.2, -0.15) is 18.4 Å². The number of alkyl halides is 3. The van der Waals surface area contributed by atoms with Crippen LogP contribution in [0.25, 0.3) is 22.3 Å². The molecule has 0 amide bonds. The number of allylic oxidation sites excluding steroid dienone is 1. The summed E-state index contributed by atoms with van der Waals surface area (Å²) in [5.74, 6) is -0.268. The van der Waals surface area contributed by atoms with Gasteiger partial charge in [0.15, 0.2) is 16.6 Å². The van der Waals surface area contributed by atoms with Crippen molar-refractivity contribution in [1.82, 2.24) is 24.6 Å². The van der Waals surface area contributed by atoms with E-state index in [9.17, 15) is 23.5 Å². The van der Waals surface area contributed by atoms with Crippen LogP contribution in [0.3, 0.4) is 0 Å². The van der Waals surface area contributed by atoms with Crippen molar-refractivity contribution in [1.29, 1.82) is 5.26 Å². The number of thioether (sulfide) groups is 1. The van der Waals surface area contributed by atoms with E-state index in [1.54, 1.807) is 24.3 Å². The maximum atomic E-state index is 13.1. The molecule has 0 fully saturated rings. The predicted molar refractivity (Wildman–Crippen MR) is 105 cm³/mol. The van der Waals surface area contributed by atoms with Gasteiger partial charge in [0.1, 0.15) is 17.4 Å². The average Bonchev–Trinajstić information content (AvgIpc) is 3.30. The maximum Gasteiger partial charge on any atom is 0.417 e. The molecule has 0 saturated carbocycles. The van der Waals surface area contributed by atoms with Gasteiger partial charge >= 0.3 is 6.18 Å². The average molecular weight is 451 g/mol. The van der Waals surface area contributed by atoms with Crippen LogP contribution in [0.15, 0.2) is 47.4 Å². The summed E-state index contributed by atoms with van der Waals surface area (Å²) in [6.07, 6.45) is -3.77. The number of aliphatic hydroxyl groups excluding tert-OH is 1. The normalized spacial score (nSPS) is 12.9. The molecule has 0 aliphatic heterocycles. The minimum Gasteiger partial charge on any atom is -0.510 e. The quantitative estimate of drug-likeness (QED) is 0.261. The number of aromatic amines is 1. The Hall–Kier alpha value is -3.23. The Morgan fingerprint density at radius 1 is 1.30 bits per heavy atom. The van der Waals surface area contributed by atoms with Gasteiger partial charge in [0.25, 0.3) is 0 Å². The van der Waals surface area contributed by atoms with E-state index in [0.29, 0.717) is 11.0 Å². The Morgan fingerprint density at radius 2 is 2.07 bits per heavy atom. The lowest BCUT2D eigenvalue weighted by molar-refractivity contribution is -0.137. The second-order valence-electron chi connectivity index (χ2n) is 6.08. The van der Waals surface area contributed by atoms with Crippen LogP contribution in [0.4, 0.5) is 13.2 Å². The van der Waals surface area contributed by atoms with Crippen molar-refractivity contribution in [3.05, 3.63) is 58.7 Å². The van der Waals surface area contributed by atoms with Crippen molar-refractivity contribution in [2.75, 3.05) is 5.75 Å². The van der Waals surface area contributed by atoms with Crippen LogP contribution in [-0.4, -0.2) is 35.4 Å². The highest BCUT2D eigenvalue weighted by atomic mass is 35.5. The Balaban J connectivity index is 1.65. The number of para-hydroxylation sites is 2. The monoisotopic (exact) mass is 450 g/mol. The first-order valence-corrected chi connectivity index (χ1v) is 9.66. The van der Waals surface area contributed by atoms with Crippen LogP contribution in [0.1, 0.15) is 11.4 Å². The molecule has 0 atom stereocenters. The Morgan fingerprint density at radius 3 is 2.77 bits per heavy atom. The summed E-state index contributed by atoms with van der Waals surface area (Å²) < 4.78 is 40.3. The number of nitrogens with one attached hydrogen (secondary N) is 1. The van der Waals surface area contributed by atoms with Crippen molar-refractivity contribution in [2.24, 2.45) is 0 Å². The minimum atomic E-state index is -4.60. The van der Waals surface area contributed by atoms with Gasteiger partial charge in [-0.05, 0) is 18.2 Å². The number of pyridine rings is 1. The molecule has 0 saturated heterocycles. The molecule has 1 aromatic carbocycles. The number of rotatable bonds is 4. The number of halogens is 4. The third-order valence-corrected chi connectivity index (χ3v) is 5.35. The van der Waals surface area contributed by atoms with Crippen LogP contribution in [-0.2, 0) is 6.18 Å². The molecule has 0 unspecified atom stereocenters. The SMILES string of the molecule is N#C/C(=C(/O)CSc1nnc2c(Cl)cc(C(F)(F)F)cn12)c1nc2ccccc2[nH]1. The summed E-state index contributed by atoms with van der Waals surface area (Å²) in [6.45, 7) is 0. The number of aromatic nitrogens is 5. The van der Waals surface area contributed by atoms with E-state index in [4.69, 9.17) is 11.6 Å². The Labute approximate surface area is 175 Å². The third kappa shape index (κ3) is 3.67.